The van der Waals surface area contributed by atoms with Crippen molar-refractivity contribution in [3.8, 4) is 0 Å². The summed E-state index contributed by atoms with van der Waals surface area (Å²) in [6.07, 6.45) is 2.09. The van der Waals surface area contributed by atoms with E-state index < -0.39 is 0 Å². The summed E-state index contributed by atoms with van der Waals surface area (Å²) in [7, 11) is 0. The van der Waals surface area contributed by atoms with Gasteiger partial charge in [-0.05, 0) is 26.7 Å². The number of guanidine groups is 1. The third-order valence-electron chi connectivity index (χ3n) is 2.46. The molecule has 0 saturated carbocycles. The SMILES string of the molecule is C=C(N)N1CCCC(N=C(N)N=C(C)C)C1. The molecule has 0 bridgehead atoms. The third kappa shape index (κ3) is 3.92. The van der Waals surface area contributed by atoms with Gasteiger partial charge in [-0.25, -0.2) is 9.98 Å². The number of rotatable bonds is 2. The van der Waals surface area contributed by atoms with Crippen LogP contribution < -0.4 is 11.5 Å². The monoisotopic (exact) mass is 223 g/mol. The van der Waals surface area contributed by atoms with Gasteiger partial charge in [-0.2, -0.15) is 0 Å². The van der Waals surface area contributed by atoms with Crippen molar-refractivity contribution in [1.82, 2.24) is 4.90 Å². The normalized spacial score (nSPS) is 21.8. The molecule has 0 aromatic rings. The zero-order valence-corrected chi connectivity index (χ0v) is 10.1. The minimum absolute atomic E-state index is 0.178. The maximum Gasteiger partial charge on any atom is 0.215 e. The summed E-state index contributed by atoms with van der Waals surface area (Å²) in [6.45, 7) is 9.28. The van der Waals surface area contributed by atoms with Crippen molar-refractivity contribution in [1.29, 1.82) is 0 Å². The first-order valence-corrected chi connectivity index (χ1v) is 5.53. The highest BCUT2D eigenvalue weighted by molar-refractivity contribution is 5.93. The van der Waals surface area contributed by atoms with E-state index in [1.165, 1.54) is 0 Å². The summed E-state index contributed by atoms with van der Waals surface area (Å²) < 4.78 is 0. The van der Waals surface area contributed by atoms with E-state index in [9.17, 15) is 0 Å². The van der Waals surface area contributed by atoms with Crippen LogP contribution >= 0.6 is 0 Å². The van der Waals surface area contributed by atoms with Crippen molar-refractivity contribution in [2.45, 2.75) is 32.7 Å². The molecule has 16 heavy (non-hydrogen) atoms. The highest BCUT2D eigenvalue weighted by Gasteiger charge is 2.19. The Hall–Kier alpha value is -1.52. The Balaban J connectivity index is 2.61. The first kappa shape index (κ1) is 12.5. The van der Waals surface area contributed by atoms with Crippen LogP contribution in [0.1, 0.15) is 26.7 Å². The molecule has 0 spiro atoms. The average molecular weight is 223 g/mol. The van der Waals surface area contributed by atoms with Crippen LogP contribution in [0.25, 0.3) is 0 Å². The molecule has 5 nitrogen and oxygen atoms in total. The van der Waals surface area contributed by atoms with Gasteiger partial charge < -0.3 is 16.4 Å². The molecule has 1 rings (SSSR count). The van der Waals surface area contributed by atoms with Gasteiger partial charge in [0.15, 0.2) is 0 Å². The average Bonchev–Trinajstić information content (AvgIpc) is 2.16. The number of aliphatic imine (C=N–C) groups is 2. The Morgan fingerprint density at radius 3 is 2.62 bits per heavy atom. The van der Waals surface area contributed by atoms with E-state index in [1.54, 1.807) is 0 Å². The molecule has 0 amide bonds. The Labute approximate surface area is 96.9 Å². The number of nitrogens with two attached hydrogens (primary N) is 2. The van der Waals surface area contributed by atoms with Crippen LogP contribution in [0.2, 0.25) is 0 Å². The minimum Gasteiger partial charge on any atom is -0.386 e. The molecule has 4 N–H and O–H groups in total. The van der Waals surface area contributed by atoms with Crippen molar-refractivity contribution in [2.75, 3.05) is 13.1 Å². The molecule has 0 radical (unpaired) electrons. The zero-order chi connectivity index (χ0) is 12.1. The molecular weight excluding hydrogens is 202 g/mol. The first-order valence-electron chi connectivity index (χ1n) is 5.53. The fourth-order valence-corrected chi connectivity index (χ4v) is 1.77. The maximum absolute atomic E-state index is 5.72. The molecule has 1 heterocycles. The van der Waals surface area contributed by atoms with Gasteiger partial charge in [-0.15, -0.1) is 0 Å². The summed E-state index contributed by atoms with van der Waals surface area (Å²) in [4.78, 5) is 10.5. The molecule has 1 atom stereocenters. The van der Waals surface area contributed by atoms with Gasteiger partial charge >= 0.3 is 0 Å². The van der Waals surface area contributed by atoms with Crippen molar-refractivity contribution < 1.29 is 0 Å². The second-order valence-electron chi connectivity index (χ2n) is 4.28. The lowest BCUT2D eigenvalue weighted by atomic mass is 10.1. The maximum atomic E-state index is 5.72. The summed E-state index contributed by atoms with van der Waals surface area (Å²) in [5, 5.41) is 0. The van der Waals surface area contributed by atoms with Crippen LogP contribution in [-0.2, 0) is 0 Å². The van der Waals surface area contributed by atoms with Gasteiger partial charge in [-0.1, -0.05) is 6.58 Å². The topological polar surface area (TPSA) is 80.0 Å². The molecule has 0 aromatic carbocycles. The summed E-state index contributed by atoms with van der Waals surface area (Å²) >= 11 is 0. The fourth-order valence-electron chi connectivity index (χ4n) is 1.77. The number of nitrogens with zero attached hydrogens (tertiary/aromatic N) is 3. The van der Waals surface area contributed by atoms with E-state index >= 15 is 0 Å². The van der Waals surface area contributed by atoms with Crippen LogP contribution in [0, 0.1) is 0 Å². The lowest BCUT2D eigenvalue weighted by molar-refractivity contribution is 0.259. The second-order valence-corrected chi connectivity index (χ2v) is 4.28. The van der Waals surface area contributed by atoms with E-state index in [0.717, 1.165) is 31.6 Å². The molecule has 1 aliphatic rings. The van der Waals surface area contributed by atoms with E-state index in [4.69, 9.17) is 11.5 Å². The number of piperidine rings is 1. The van der Waals surface area contributed by atoms with Gasteiger partial charge in [-0.3, -0.25) is 0 Å². The Kier molecular flexibility index (Phi) is 4.34. The number of hydrogen-bond acceptors (Lipinski definition) is 3. The van der Waals surface area contributed by atoms with Crippen molar-refractivity contribution >= 4 is 11.7 Å². The Bertz CT molecular complexity index is 314. The molecule has 5 heteroatoms. The highest BCUT2D eigenvalue weighted by Crippen LogP contribution is 2.14. The largest absolute Gasteiger partial charge is 0.386 e. The second kappa shape index (κ2) is 5.53. The van der Waals surface area contributed by atoms with Crippen molar-refractivity contribution in [2.24, 2.45) is 21.5 Å². The number of hydrogen-bond donors (Lipinski definition) is 2. The van der Waals surface area contributed by atoms with Gasteiger partial charge in [0.25, 0.3) is 0 Å². The van der Waals surface area contributed by atoms with E-state index in [1.807, 2.05) is 18.7 Å². The standard InChI is InChI=1S/C11H21N5/c1-8(2)14-11(13)15-10-5-4-6-16(7-10)9(3)12/h10H,3-7,12H2,1-2H3,(H2,13,15). The molecule has 0 aromatic heterocycles. The predicted molar refractivity (Wildman–Crippen MR) is 68.3 cm³/mol. The molecule has 1 fully saturated rings. The lowest BCUT2D eigenvalue weighted by Gasteiger charge is -2.32. The Morgan fingerprint density at radius 2 is 2.06 bits per heavy atom. The van der Waals surface area contributed by atoms with Crippen LogP contribution in [0.5, 0.6) is 0 Å². The quantitative estimate of drug-likeness (QED) is 0.533. The molecule has 1 saturated heterocycles. The summed E-state index contributed by atoms with van der Waals surface area (Å²) in [6, 6.07) is 0.178. The van der Waals surface area contributed by atoms with E-state index in [0.29, 0.717) is 11.8 Å². The molecule has 90 valence electrons. The zero-order valence-electron chi connectivity index (χ0n) is 10.1. The van der Waals surface area contributed by atoms with Crippen LogP contribution in [0.3, 0.4) is 0 Å². The van der Waals surface area contributed by atoms with Crippen molar-refractivity contribution in [3.63, 3.8) is 0 Å². The third-order valence-corrected chi connectivity index (χ3v) is 2.46. The fraction of sp³-hybridized carbons (Fsp3) is 0.636. The van der Waals surface area contributed by atoms with Gasteiger partial charge in [0, 0.05) is 18.8 Å². The van der Waals surface area contributed by atoms with E-state index in [2.05, 4.69) is 16.6 Å². The van der Waals surface area contributed by atoms with Crippen LogP contribution in [0.15, 0.2) is 22.4 Å². The predicted octanol–water partition coefficient (Wildman–Crippen LogP) is 0.676. The highest BCUT2D eigenvalue weighted by atomic mass is 15.2. The van der Waals surface area contributed by atoms with Crippen molar-refractivity contribution in [3.05, 3.63) is 12.4 Å². The molecular formula is C11H21N5. The Morgan fingerprint density at radius 1 is 1.38 bits per heavy atom. The molecule has 1 aliphatic heterocycles. The molecule has 0 aliphatic carbocycles. The summed E-state index contributed by atoms with van der Waals surface area (Å²) in [5.41, 5.74) is 12.3. The van der Waals surface area contributed by atoms with Gasteiger partial charge in [0.05, 0.1) is 11.9 Å². The van der Waals surface area contributed by atoms with Crippen LogP contribution in [-0.4, -0.2) is 35.7 Å². The first-order chi connectivity index (χ1) is 7.49. The van der Waals surface area contributed by atoms with E-state index in [-0.39, 0.29) is 6.04 Å². The van der Waals surface area contributed by atoms with Gasteiger partial charge in [0.2, 0.25) is 5.96 Å². The lowest BCUT2D eigenvalue weighted by Crippen LogP contribution is -2.39. The van der Waals surface area contributed by atoms with Gasteiger partial charge in [0.1, 0.15) is 0 Å². The smallest absolute Gasteiger partial charge is 0.215 e. The number of likely N-dealkylation sites (tertiary alicyclic amines) is 1. The minimum atomic E-state index is 0.178. The molecule has 1 unspecified atom stereocenters. The summed E-state index contributed by atoms with van der Waals surface area (Å²) in [5.74, 6) is 0.961. The van der Waals surface area contributed by atoms with Crippen LogP contribution in [0.4, 0.5) is 0 Å².